The molecule has 0 aliphatic heterocycles. The number of furan rings is 1. The van der Waals surface area contributed by atoms with Gasteiger partial charge in [0.15, 0.2) is 0 Å². The van der Waals surface area contributed by atoms with E-state index in [0.29, 0.717) is 0 Å². The van der Waals surface area contributed by atoms with E-state index in [1.54, 1.807) is 0 Å². The van der Waals surface area contributed by atoms with Gasteiger partial charge >= 0.3 is 0 Å². The summed E-state index contributed by atoms with van der Waals surface area (Å²) >= 11 is 0. The molecule has 0 N–H and O–H groups in total. The molecule has 0 atom stereocenters. The second kappa shape index (κ2) is 8.37. The first-order chi connectivity index (χ1) is 22.3. The Hall–Kier alpha value is -5.92. The normalized spacial score (nSPS) is 12.4. The van der Waals surface area contributed by atoms with Crippen LogP contribution in [-0.2, 0) is 0 Å². The lowest BCUT2D eigenvalue weighted by molar-refractivity contribution is 0.669. The maximum absolute atomic E-state index is 6.51. The third kappa shape index (κ3) is 3.12. The van der Waals surface area contributed by atoms with Gasteiger partial charge in [0, 0.05) is 10.8 Å². The first kappa shape index (κ1) is 23.5. The maximum Gasteiger partial charge on any atom is 0.136 e. The fourth-order valence-electron chi connectivity index (χ4n) is 8.09. The summed E-state index contributed by atoms with van der Waals surface area (Å²) < 4.78 is 6.51. The Kier molecular flexibility index (Phi) is 4.38. The molecule has 0 spiro atoms. The van der Waals surface area contributed by atoms with Gasteiger partial charge in [0.1, 0.15) is 11.2 Å². The molecule has 0 aliphatic rings. The largest absolute Gasteiger partial charge is 0.456 e. The highest BCUT2D eigenvalue weighted by molar-refractivity contribution is 6.27. The van der Waals surface area contributed by atoms with E-state index in [2.05, 4.69) is 146 Å². The van der Waals surface area contributed by atoms with Crippen LogP contribution in [0.1, 0.15) is 0 Å². The number of benzene rings is 10. The molecular formula is C44H24O. The Labute approximate surface area is 258 Å². The minimum Gasteiger partial charge on any atom is -0.456 e. The summed E-state index contributed by atoms with van der Waals surface area (Å²) in [6, 6.07) is 53.7. The highest BCUT2D eigenvalue weighted by Crippen LogP contribution is 2.43. The fraction of sp³-hybridized carbons (Fsp3) is 0. The second-order valence-corrected chi connectivity index (χ2v) is 12.5. The topological polar surface area (TPSA) is 13.1 Å². The van der Waals surface area contributed by atoms with E-state index in [-0.39, 0.29) is 0 Å². The van der Waals surface area contributed by atoms with Gasteiger partial charge in [-0.05, 0) is 111 Å². The van der Waals surface area contributed by atoms with Crippen LogP contribution in [0.3, 0.4) is 0 Å². The fourth-order valence-corrected chi connectivity index (χ4v) is 8.09. The molecule has 1 heterocycles. The predicted molar refractivity (Wildman–Crippen MR) is 192 cm³/mol. The molecule has 45 heavy (non-hydrogen) atoms. The van der Waals surface area contributed by atoms with Gasteiger partial charge in [0.2, 0.25) is 0 Å². The van der Waals surface area contributed by atoms with Crippen LogP contribution in [0, 0.1) is 0 Å². The minimum atomic E-state index is 0.916. The highest BCUT2D eigenvalue weighted by Gasteiger charge is 2.16. The van der Waals surface area contributed by atoms with Crippen molar-refractivity contribution in [3.8, 4) is 22.3 Å². The molecule has 0 radical (unpaired) electrons. The van der Waals surface area contributed by atoms with Crippen LogP contribution in [0.4, 0.5) is 0 Å². The van der Waals surface area contributed by atoms with Crippen molar-refractivity contribution in [3.05, 3.63) is 146 Å². The van der Waals surface area contributed by atoms with Gasteiger partial charge in [-0.2, -0.15) is 0 Å². The molecule has 0 unspecified atom stereocenters. The lowest BCUT2D eigenvalue weighted by atomic mass is 9.89. The molecule has 0 bridgehead atoms. The van der Waals surface area contributed by atoms with E-state index >= 15 is 0 Å². The molecule has 206 valence electrons. The van der Waals surface area contributed by atoms with Gasteiger partial charge in [-0.3, -0.25) is 0 Å². The SMILES string of the molecule is c1cc2ccc3ccc(-c4ccc5c(c4)oc4ccc(-c6ccc7ccc8cccc9ccc6c7c89)cc45)c4ccc(c1)c2c34. The van der Waals surface area contributed by atoms with Gasteiger partial charge in [-0.1, -0.05) is 121 Å². The molecule has 0 aliphatic carbocycles. The first-order valence-corrected chi connectivity index (χ1v) is 15.6. The van der Waals surface area contributed by atoms with Crippen molar-refractivity contribution in [2.45, 2.75) is 0 Å². The highest BCUT2D eigenvalue weighted by atomic mass is 16.3. The van der Waals surface area contributed by atoms with Gasteiger partial charge < -0.3 is 4.42 Å². The summed E-state index contributed by atoms with van der Waals surface area (Å²) in [5, 5.41) is 18.0. The van der Waals surface area contributed by atoms with Crippen LogP contribution in [0.25, 0.3) is 109 Å². The molecule has 10 aromatic carbocycles. The molecule has 0 amide bonds. The average Bonchev–Trinajstić information content (AvgIpc) is 3.46. The molecule has 1 aromatic heterocycles. The Bertz CT molecular complexity index is 2940. The van der Waals surface area contributed by atoms with Crippen molar-refractivity contribution in [2.75, 3.05) is 0 Å². The average molecular weight is 569 g/mol. The number of fused-ring (bicyclic) bond motifs is 3. The Morgan fingerprint density at radius 1 is 0.289 bits per heavy atom. The van der Waals surface area contributed by atoms with Crippen molar-refractivity contribution in [2.24, 2.45) is 0 Å². The standard InChI is InChI=1S/C44H24O/c1-3-25-7-9-29-11-17-33(36-20-13-27(5-1)41(25)43(29)36)31-16-22-39-38(23-31)35-19-15-32(24-40(35)45-39)34-18-12-30-10-8-26-4-2-6-28-14-21-37(34)44(30)42(26)28/h1-24H. The Balaban J connectivity index is 1.10. The number of hydrogen-bond donors (Lipinski definition) is 0. The van der Waals surface area contributed by atoms with Crippen LogP contribution in [0.15, 0.2) is 150 Å². The maximum atomic E-state index is 6.51. The first-order valence-electron chi connectivity index (χ1n) is 15.6. The van der Waals surface area contributed by atoms with E-state index < -0.39 is 0 Å². The lowest BCUT2D eigenvalue weighted by Crippen LogP contribution is -1.87. The van der Waals surface area contributed by atoms with Crippen LogP contribution >= 0.6 is 0 Å². The van der Waals surface area contributed by atoms with Crippen LogP contribution < -0.4 is 0 Å². The van der Waals surface area contributed by atoms with Crippen molar-refractivity contribution >= 4 is 86.6 Å². The second-order valence-electron chi connectivity index (χ2n) is 12.5. The van der Waals surface area contributed by atoms with E-state index in [9.17, 15) is 0 Å². The molecule has 0 saturated heterocycles. The summed E-state index contributed by atoms with van der Waals surface area (Å²) in [4.78, 5) is 0. The Morgan fingerprint density at radius 2 is 0.733 bits per heavy atom. The molecular weight excluding hydrogens is 544 g/mol. The third-order valence-corrected chi connectivity index (χ3v) is 10.2. The van der Waals surface area contributed by atoms with Gasteiger partial charge in [-0.15, -0.1) is 0 Å². The van der Waals surface area contributed by atoms with E-state index in [1.165, 1.54) is 86.9 Å². The van der Waals surface area contributed by atoms with Crippen LogP contribution in [-0.4, -0.2) is 0 Å². The molecule has 0 fully saturated rings. The third-order valence-electron chi connectivity index (χ3n) is 10.2. The number of hydrogen-bond acceptors (Lipinski definition) is 1. The van der Waals surface area contributed by atoms with E-state index in [1.807, 2.05) is 0 Å². The van der Waals surface area contributed by atoms with Crippen LogP contribution in [0.5, 0.6) is 0 Å². The van der Waals surface area contributed by atoms with Gasteiger partial charge in [-0.25, -0.2) is 0 Å². The molecule has 11 rings (SSSR count). The summed E-state index contributed by atoms with van der Waals surface area (Å²) in [7, 11) is 0. The van der Waals surface area contributed by atoms with Crippen LogP contribution in [0.2, 0.25) is 0 Å². The summed E-state index contributed by atoms with van der Waals surface area (Å²) in [6.07, 6.45) is 0. The summed E-state index contributed by atoms with van der Waals surface area (Å²) in [5.41, 5.74) is 6.70. The van der Waals surface area contributed by atoms with Crippen molar-refractivity contribution in [1.29, 1.82) is 0 Å². The molecule has 1 nitrogen and oxygen atoms in total. The zero-order valence-electron chi connectivity index (χ0n) is 24.3. The minimum absolute atomic E-state index is 0.916. The summed E-state index contributed by atoms with van der Waals surface area (Å²) in [6.45, 7) is 0. The van der Waals surface area contributed by atoms with E-state index in [0.717, 1.165) is 21.9 Å². The van der Waals surface area contributed by atoms with Crippen molar-refractivity contribution < 1.29 is 4.42 Å². The van der Waals surface area contributed by atoms with Gasteiger partial charge in [0.25, 0.3) is 0 Å². The zero-order valence-corrected chi connectivity index (χ0v) is 24.3. The smallest absolute Gasteiger partial charge is 0.136 e. The number of rotatable bonds is 2. The quantitative estimate of drug-likeness (QED) is 0.189. The molecule has 1 heteroatoms. The summed E-state index contributed by atoms with van der Waals surface area (Å²) in [5.74, 6) is 0. The zero-order chi connectivity index (χ0) is 29.2. The molecule has 0 saturated carbocycles. The van der Waals surface area contributed by atoms with E-state index in [4.69, 9.17) is 4.42 Å². The Morgan fingerprint density at radius 3 is 1.31 bits per heavy atom. The lowest BCUT2D eigenvalue weighted by Gasteiger charge is -2.14. The van der Waals surface area contributed by atoms with Gasteiger partial charge in [0.05, 0.1) is 0 Å². The monoisotopic (exact) mass is 568 g/mol. The van der Waals surface area contributed by atoms with Crippen molar-refractivity contribution in [3.63, 3.8) is 0 Å². The molecule has 11 aromatic rings. The predicted octanol–water partition coefficient (Wildman–Crippen LogP) is 12.7. The van der Waals surface area contributed by atoms with Crippen molar-refractivity contribution in [1.82, 2.24) is 0 Å².